The number of methoxy groups -OCH3 is 1. The zero-order chi connectivity index (χ0) is 21.6. The van der Waals surface area contributed by atoms with Gasteiger partial charge < -0.3 is 4.74 Å². The Balaban J connectivity index is 1.61. The summed E-state index contributed by atoms with van der Waals surface area (Å²) in [7, 11) is -2.03. The van der Waals surface area contributed by atoms with Gasteiger partial charge in [0.15, 0.2) is 0 Å². The van der Waals surface area contributed by atoms with Crippen molar-refractivity contribution >= 4 is 10.0 Å². The minimum Gasteiger partial charge on any atom is -0.497 e. The maximum absolute atomic E-state index is 13.8. The van der Waals surface area contributed by atoms with Crippen LogP contribution >= 0.6 is 0 Å². The molecule has 0 radical (unpaired) electrons. The quantitative estimate of drug-likeness (QED) is 0.614. The van der Waals surface area contributed by atoms with Crippen molar-refractivity contribution in [2.45, 2.75) is 30.4 Å². The highest BCUT2D eigenvalue weighted by molar-refractivity contribution is 7.89. The third-order valence-corrected chi connectivity index (χ3v) is 8.27. The first-order valence-corrected chi connectivity index (χ1v) is 12.0. The highest BCUT2D eigenvalue weighted by atomic mass is 32.2. The van der Waals surface area contributed by atoms with E-state index in [-0.39, 0.29) is 12.2 Å². The van der Waals surface area contributed by atoms with E-state index < -0.39 is 10.0 Å². The summed E-state index contributed by atoms with van der Waals surface area (Å²) >= 11 is 0. The molecule has 31 heavy (non-hydrogen) atoms. The first kappa shape index (κ1) is 20.2. The largest absolute Gasteiger partial charge is 0.497 e. The number of nitrogens with zero attached hydrogens (tertiary/aromatic N) is 2. The van der Waals surface area contributed by atoms with Crippen LogP contribution in [0.4, 0.5) is 0 Å². The highest BCUT2D eigenvalue weighted by Crippen LogP contribution is 2.46. The predicted molar refractivity (Wildman–Crippen MR) is 120 cm³/mol. The first-order valence-electron chi connectivity index (χ1n) is 10.5. The highest BCUT2D eigenvalue weighted by Gasteiger charge is 2.48. The molecule has 1 fully saturated rings. The monoisotopic (exact) mass is 434 g/mol. The standard InChI is InChI=1S/C25H26N2O3S/c1-18-7-13-22(14-8-18)31(28,29)27-17-24-23-6-4-3-5-19(23)15-16-26(24)25(27)20-9-11-21(30-2)12-10-20/h3-14,24-25H,15-17H2,1-2H3/t24-,25+/m1/s1. The van der Waals surface area contributed by atoms with Gasteiger partial charge in [-0.3, -0.25) is 4.90 Å². The van der Waals surface area contributed by atoms with Gasteiger partial charge in [-0.15, -0.1) is 0 Å². The van der Waals surface area contributed by atoms with Gasteiger partial charge in [-0.2, -0.15) is 4.31 Å². The van der Waals surface area contributed by atoms with E-state index >= 15 is 0 Å². The Morgan fingerprint density at radius 3 is 2.35 bits per heavy atom. The lowest BCUT2D eigenvalue weighted by atomic mass is 9.93. The molecule has 0 N–H and O–H groups in total. The molecular weight excluding hydrogens is 408 g/mol. The van der Waals surface area contributed by atoms with Crippen LogP contribution in [0.2, 0.25) is 0 Å². The molecule has 3 aromatic rings. The number of rotatable bonds is 4. The minimum absolute atomic E-state index is 0.0391. The lowest BCUT2D eigenvalue weighted by Crippen LogP contribution is -2.37. The third-order valence-electron chi connectivity index (χ3n) is 6.44. The van der Waals surface area contributed by atoms with E-state index in [2.05, 4.69) is 23.1 Å². The van der Waals surface area contributed by atoms with Gasteiger partial charge in [-0.25, -0.2) is 8.42 Å². The van der Waals surface area contributed by atoms with E-state index in [9.17, 15) is 8.42 Å². The molecule has 1 saturated heterocycles. The molecule has 0 aromatic heterocycles. The number of aryl methyl sites for hydroxylation is 1. The second-order valence-electron chi connectivity index (χ2n) is 8.24. The molecule has 3 aromatic carbocycles. The zero-order valence-electron chi connectivity index (χ0n) is 17.7. The molecule has 0 unspecified atom stereocenters. The molecule has 5 rings (SSSR count). The van der Waals surface area contributed by atoms with Crippen molar-refractivity contribution in [1.29, 1.82) is 0 Å². The predicted octanol–water partition coefficient (Wildman–Crippen LogP) is 4.31. The van der Waals surface area contributed by atoms with Crippen LogP contribution in [-0.4, -0.2) is 37.8 Å². The Morgan fingerprint density at radius 2 is 1.65 bits per heavy atom. The molecule has 0 aliphatic carbocycles. The van der Waals surface area contributed by atoms with Gasteiger partial charge in [-0.05, 0) is 54.3 Å². The van der Waals surface area contributed by atoms with Crippen LogP contribution in [0.1, 0.15) is 34.5 Å². The van der Waals surface area contributed by atoms with Gasteiger partial charge in [0, 0.05) is 13.1 Å². The SMILES string of the molecule is COc1ccc([C@H]2N3CCc4ccccc4[C@H]3CN2S(=O)(=O)c2ccc(C)cc2)cc1. The lowest BCUT2D eigenvalue weighted by Gasteiger charge is -2.35. The van der Waals surface area contributed by atoms with Crippen molar-refractivity contribution in [3.8, 4) is 5.75 Å². The van der Waals surface area contributed by atoms with Crippen LogP contribution in [0, 0.1) is 6.92 Å². The van der Waals surface area contributed by atoms with Crippen molar-refractivity contribution in [3.63, 3.8) is 0 Å². The average Bonchev–Trinajstić information content (AvgIpc) is 3.20. The van der Waals surface area contributed by atoms with Gasteiger partial charge in [0.1, 0.15) is 11.9 Å². The number of hydrogen-bond acceptors (Lipinski definition) is 4. The number of fused-ring (bicyclic) bond motifs is 3. The fraction of sp³-hybridized carbons (Fsp3) is 0.280. The Hall–Kier alpha value is -2.67. The summed E-state index contributed by atoms with van der Waals surface area (Å²) in [4.78, 5) is 2.67. The van der Waals surface area contributed by atoms with Crippen LogP contribution in [-0.2, 0) is 16.4 Å². The Bertz CT molecular complexity index is 1190. The Kier molecular flexibility index (Phi) is 5.08. The lowest BCUT2D eigenvalue weighted by molar-refractivity contribution is 0.154. The van der Waals surface area contributed by atoms with Gasteiger partial charge in [-0.1, -0.05) is 54.1 Å². The molecule has 2 atom stereocenters. The molecule has 2 aliphatic rings. The number of benzene rings is 3. The normalized spacial score (nSPS) is 21.5. The third kappa shape index (κ3) is 3.45. The summed E-state index contributed by atoms with van der Waals surface area (Å²) in [6.07, 6.45) is 0.563. The topological polar surface area (TPSA) is 49.9 Å². The maximum Gasteiger partial charge on any atom is 0.244 e. The zero-order valence-corrected chi connectivity index (χ0v) is 18.5. The van der Waals surface area contributed by atoms with Crippen LogP contribution < -0.4 is 4.74 Å². The van der Waals surface area contributed by atoms with Crippen molar-refractivity contribution in [3.05, 3.63) is 95.1 Å². The number of ether oxygens (including phenoxy) is 1. The molecule has 0 amide bonds. The van der Waals surface area contributed by atoms with Crippen molar-refractivity contribution in [1.82, 2.24) is 9.21 Å². The molecule has 2 aliphatic heterocycles. The molecular formula is C25H26N2O3S. The summed E-state index contributed by atoms with van der Waals surface area (Å²) in [6.45, 7) is 3.21. The molecule has 6 heteroatoms. The van der Waals surface area contributed by atoms with E-state index in [4.69, 9.17) is 4.74 Å². The van der Waals surface area contributed by atoms with Crippen molar-refractivity contribution in [2.75, 3.05) is 20.2 Å². The van der Waals surface area contributed by atoms with E-state index in [1.807, 2.05) is 49.4 Å². The number of hydrogen-bond donors (Lipinski definition) is 0. The summed E-state index contributed by atoms with van der Waals surface area (Å²) < 4.78 is 34.6. The molecule has 0 saturated carbocycles. The Morgan fingerprint density at radius 1 is 0.935 bits per heavy atom. The molecule has 2 heterocycles. The van der Waals surface area contributed by atoms with Crippen molar-refractivity contribution in [2.24, 2.45) is 0 Å². The maximum atomic E-state index is 13.8. The summed E-state index contributed by atoms with van der Waals surface area (Å²) in [5, 5.41) is 0. The molecule has 5 nitrogen and oxygen atoms in total. The van der Waals surface area contributed by atoms with Gasteiger partial charge in [0.2, 0.25) is 10.0 Å². The first-order chi connectivity index (χ1) is 15.0. The van der Waals surface area contributed by atoms with Crippen LogP contribution in [0.3, 0.4) is 0 Å². The van der Waals surface area contributed by atoms with Gasteiger partial charge in [0.25, 0.3) is 0 Å². The fourth-order valence-electron chi connectivity index (χ4n) is 4.81. The van der Waals surface area contributed by atoms with E-state index in [1.165, 1.54) is 11.1 Å². The van der Waals surface area contributed by atoms with Crippen LogP contribution in [0.25, 0.3) is 0 Å². The minimum atomic E-state index is -3.67. The van der Waals surface area contributed by atoms with E-state index in [0.29, 0.717) is 11.4 Å². The number of sulfonamides is 1. The average molecular weight is 435 g/mol. The van der Waals surface area contributed by atoms with Crippen molar-refractivity contribution < 1.29 is 13.2 Å². The molecule has 160 valence electrons. The fourth-order valence-corrected chi connectivity index (χ4v) is 6.41. The van der Waals surface area contributed by atoms with Gasteiger partial charge >= 0.3 is 0 Å². The second-order valence-corrected chi connectivity index (χ2v) is 10.1. The summed E-state index contributed by atoms with van der Waals surface area (Å²) in [6, 6.07) is 23.3. The van der Waals surface area contributed by atoms with E-state index in [1.54, 1.807) is 23.5 Å². The molecule has 0 bridgehead atoms. The van der Waals surface area contributed by atoms with Gasteiger partial charge in [0.05, 0.1) is 18.0 Å². The smallest absolute Gasteiger partial charge is 0.244 e. The van der Waals surface area contributed by atoms with Crippen LogP contribution in [0.5, 0.6) is 5.75 Å². The molecule has 0 spiro atoms. The summed E-state index contributed by atoms with van der Waals surface area (Å²) in [5.74, 6) is 0.759. The summed E-state index contributed by atoms with van der Waals surface area (Å²) in [5.41, 5.74) is 4.54. The van der Waals surface area contributed by atoms with E-state index in [0.717, 1.165) is 29.8 Å². The second kappa shape index (κ2) is 7.79. The van der Waals surface area contributed by atoms with Crippen LogP contribution in [0.15, 0.2) is 77.7 Å². The Labute approximate surface area is 183 Å².